The lowest BCUT2D eigenvalue weighted by Gasteiger charge is -2.15. The van der Waals surface area contributed by atoms with Crippen LogP contribution in [-0.4, -0.2) is 11.1 Å². The summed E-state index contributed by atoms with van der Waals surface area (Å²) in [5, 5.41) is 13.3. The van der Waals surface area contributed by atoms with Gasteiger partial charge in [-0.05, 0) is 61.6 Å². The highest BCUT2D eigenvalue weighted by Gasteiger charge is 2.06. The summed E-state index contributed by atoms with van der Waals surface area (Å²) >= 11 is 3.46. The van der Waals surface area contributed by atoms with E-state index in [4.69, 9.17) is 0 Å². The van der Waals surface area contributed by atoms with Gasteiger partial charge in [0.2, 0.25) is 0 Å². The summed E-state index contributed by atoms with van der Waals surface area (Å²) in [5.41, 5.74) is 4.42. The number of benzene rings is 2. The van der Waals surface area contributed by atoms with E-state index >= 15 is 0 Å². The SMILES string of the molecule is Cc1cc(CNC(C)Cc2ccc(Br)cc2)cc(C)c1O. The number of hydrogen-bond donors (Lipinski definition) is 2. The van der Waals surface area contributed by atoms with E-state index in [0.717, 1.165) is 28.6 Å². The molecule has 0 bridgehead atoms. The molecule has 0 saturated heterocycles. The Morgan fingerprint density at radius 1 is 1.05 bits per heavy atom. The van der Waals surface area contributed by atoms with Crippen molar-refractivity contribution in [1.82, 2.24) is 5.32 Å². The van der Waals surface area contributed by atoms with Crippen LogP contribution in [0, 0.1) is 13.8 Å². The number of nitrogens with one attached hydrogen (secondary N) is 1. The minimum atomic E-state index is 0.403. The zero-order valence-electron chi connectivity index (χ0n) is 12.8. The van der Waals surface area contributed by atoms with Crippen molar-refractivity contribution in [1.29, 1.82) is 0 Å². The third-order valence-corrected chi connectivity index (χ3v) is 4.19. The van der Waals surface area contributed by atoms with Gasteiger partial charge in [-0.15, -0.1) is 0 Å². The predicted octanol–water partition coefficient (Wildman–Crippen LogP) is 4.49. The second-order valence-electron chi connectivity index (χ2n) is 5.69. The van der Waals surface area contributed by atoms with Crippen LogP contribution in [0.4, 0.5) is 0 Å². The van der Waals surface area contributed by atoms with Crippen molar-refractivity contribution in [2.24, 2.45) is 0 Å². The van der Waals surface area contributed by atoms with E-state index in [0.29, 0.717) is 11.8 Å². The molecule has 0 heterocycles. The molecule has 0 aliphatic heterocycles. The number of rotatable bonds is 5. The zero-order valence-corrected chi connectivity index (χ0v) is 14.4. The van der Waals surface area contributed by atoms with Gasteiger partial charge in [-0.25, -0.2) is 0 Å². The molecule has 1 unspecified atom stereocenters. The molecule has 0 amide bonds. The molecule has 0 saturated carbocycles. The number of aromatic hydroxyl groups is 1. The lowest BCUT2D eigenvalue weighted by atomic mass is 10.0. The summed E-state index contributed by atoms with van der Waals surface area (Å²) in [6.45, 7) is 6.90. The first-order chi connectivity index (χ1) is 9.95. The highest BCUT2D eigenvalue weighted by atomic mass is 79.9. The number of phenolic OH excluding ortho intramolecular Hbond substituents is 1. The van der Waals surface area contributed by atoms with Crippen molar-refractivity contribution in [3.8, 4) is 5.75 Å². The van der Waals surface area contributed by atoms with E-state index in [1.54, 1.807) is 0 Å². The molecule has 0 radical (unpaired) electrons. The first-order valence-electron chi connectivity index (χ1n) is 7.22. The van der Waals surface area contributed by atoms with E-state index < -0.39 is 0 Å². The molecule has 0 spiro atoms. The Labute approximate surface area is 135 Å². The van der Waals surface area contributed by atoms with Gasteiger partial charge >= 0.3 is 0 Å². The molecule has 2 N–H and O–H groups in total. The standard InChI is InChI=1S/C18H22BrNO/c1-12-8-16(9-13(2)18(12)21)11-20-14(3)10-15-4-6-17(19)7-5-15/h4-9,14,20-21H,10-11H2,1-3H3. The van der Waals surface area contributed by atoms with Crippen LogP contribution in [0.1, 0.15) is 29.2 Å². The number of aryl methyl sites for hydroxylation is 2. The van der Waals surface area contributed by atoms with Crippen LogP contribution in [0.25, 0.3) is 0 Å². The van der Waals surface area contributed by atoms with Crippen molar-refractivity contribution in [3.63, 3.8) is 0 Å². The Bertz CT molecular complexity index is 584. The first kappa shape index (κ1) is 16.1. The smallest absolute Gasteiger partial charge is 0.121 e. The monoisotopic (exact) mass is 347 g/mol. The Hall–Kier alpha value is -1.32. The maximum Gasteiger partial charge on any atom is 0.121 e. The van der Waals surface area contributed by atoms with Crippen molar-refractivity contribution in [2.45, 2.75) is 39.8 Å². The van der Waals surface area contributed by atoms with Gasteiger partial charge in [0.05, 0.1) is 0 Å². The average molecular weight is 348 g/mol. The summed E-state index contributed by atoms with van der Waals surface area (Å²) < 4.78 is 1.11. The fourth-order valence-electron chi connectivity index (χ4n) is 2.49. The van der Waals surface area contributed by atoms with Gasteiger partial charge in [-0.1, -0.05) is 40.2 Å². The van der Waals surface area contributed by atoms with Gasteiger partial charge in [0, 0.05) is 17.1 Å². The van der Waals surface area contributed by atoms with Gasteiger partial charge in [-0.2, -0.15) is 0 Å². The topological polar surface area (TPSA) is 32.3 Å². The molecular weight excluding hydrogens is 326 g/mol. The summed E-state index contributed by atoms with van der Waals surface area (Å²) in [6, 6.07) is 12.9. The predicted molar refractivity (Wildman–Crippen MR) is 91.7 cm³/mol. The van der Waals surface area contributed by atoms with Crippen molar-refractivity contribution in [3.05, 3.63) is 63.1 Å². The van der Waals surface area contributed by atoms with E-state index in [1.165, 1.54) is 11.1 Å². The molecule has 21 heavy (non-hydrogen) atoms. The van der Waals surface area contributed by atoms with E-state index in [1.807, 2.05) is 26.0 Å². The summed E-state index contributed by atoms with van der Waals surface area (Å²) in [4.78, 5) is 0. The minimum absolute atomic E-state index is 0.403. The zero-order chi connectivity index (χ0) is 15.4. The molecule has 112 valence electrons. The molecule has 2 aromatic carbocycles. The molecule has 3 heteroatoms. The largest absolute Gasteiger partial charge is 0.507 e. The molecule has 0 fully saturated rings. The van der Waals surface area contributed by atoms with Crippen LogP contribution >= 0.6 is 15.9 Å². The summed E-state index contributed by atoms with van der Waals surface area (Å²) in [6.07, 6.45) is 1.00. The molecule has 2 nitrogen and oxygen atoms in total. The van der Waals surface area contributed by atoms with Crippen LogP contribution in [-0.2, 0) is 13.0 Å². The third kappa shape index (κ3) is 4.58. The van der Waals surface area contributed by atoms with E-state index in [2.05, 4.69) is 52.4 Å². The molecule has 0 aliphatic rings. The average Bonchev–Trinajstić information content (AvgIpc) is 2.45. The van der Waals surface area contributed by atoms with Gasteiger partial charge in [0.15, 0.2) is 0 Å². The highest BCUT2D eigenvalue weighted by molar-refractivity contribution is 9.10. The van der Waals surface area contributed by atoms with E-state index in [-0.39, 0.29) is 0 Å². The van der Waals surface area contributed by atoms with Gasteiger partial charge in [0.1, 0.15) is 5.75 Å². The van der Waals surface area contributed by atoms with Crippen molar-refractivity contribution in [2.75, 3.05) is 0 Å². The Morgan fingerprint density at radius 3 is 2.19 bits per heavy atom. The maximum absolute atomic E-state index is 9.80. The van der Waals surface area contributed by atoms with Crippen molar-refractivity contribution >= 4 is 15.9 Å². The number of halogens is 1. The normalized spacial score (nSPS) is 12.4. The molecule has 0 aromatic heterocycles. The van der Waals surface area contributed by atoms with Crippen LogP contribution in [0.2, 0.25) is 0 Å². The Morgan fingerprint density at radius 2 is 1.62 bits per heavy atom. The third-order valence-electron chi connectivity index (χ3n) is 3.66. The molecule has 2 aromatic rings. The highest BCUT2D eigenvalue weighted by Crippen LogP contribution is 2.22. The van der Waals surface area contributed by atoms with Gasteiger partial charge in [0.25, 0.3) is 0 Å². The van der Waals surface area contributed by atoms with Gasteiger partial charge < -0.3 is 10.4 Å². The fourth-order valence-corrected chi connectivity index (χ4v) is 2.75. The quantitative estimate of drug-likeness (QED) is 0.834. The minimum Gasteiger partial charge on any atom is -0.507 e. The van der Waals surface area contributed by atoms with Crippen molar-refractivity contribution < 1.29 is 5.11 Å². The number of phenols is 1. The van der Waals surface area contributed by atoms with Crippen LogP contribution in [0.3, 0.4) is 0 Å². The Balaban J connectivity index is 1.92. The Kier molecular flexibility index (Phi) is 5.43. The van der Waals surface area contributed by atoms with Crippen LogP contribution < -0.4 is 5.32 Å². The maximum atomic E-state index is 9.80. The first-order valence-corrected chi connectivity index (χ1v) is 8.02. The second-order valence-corrected chi connectivity index (χ2v) is 6.61. The lowest BCUT2D eigenvalue weighted by Crippen LogP contribution is -2.27. The molecule has 1 atom stereocenters. The fraction of sp³-hybridized carbons (Fsp3) is 0.333. The number of hydrogen-bond acceptors (Lipinski definition) is 2. The summed E-state index contributed by atoms with van der Waals surface area (Å²) in [5.74, 6) is 0.404. The lowest BCUT2D eigenvalue weighted by molar-refractivity contribution is 0.466. The van der Waals surface area contributed by atoms with E-state index in [9.17, 15) is 5.11 Å². The van der Waals surface area contributed by atoms with Gasteiger partial charge in [-0.3, -0.25) is 0 Å². The molecular formula is C18H22BrNO. The second kappa shape index (κ2) is 7.10. The molecule has 2 rings (SSSR count). The van der Waals surface area contributed by atoms with Crippen LogP contribution in [0.15, 0.2) is 40.9 Å². The van der Waals surface area contributed by atoms with Crippen LogP contribution in [0.5, 0.6) is 5.75 Å². The summed E-state index contributed by atoms with van der Waals surface area (Å²) in [7, 11) is 0. The molecule has 0 aliphatic carbocycles.